The van der Waals surface area contributed by atoms with Gasteiger partial charge in [0.1, 0.15) is 23.4 Å². The van der Waals surface area contributed by atoms with Crippen molar-refractivity contribution in [3.63, 3.8) is 0 Å². The quantitative estimate of drug-likeness (QED) is 0.669. The molecule has 3 N–H and O–H groups in total. The van der Waals surface area contributed by atoms with Gasteiger partial charge in [-0.3, -0.25) is 4.79 Å². The van der Waals surface area contributed by atoms with Crippen molar-refractivity contribution in [2.45, 2.75) is 19.4 Å². The molecule has 0 spiro atoms. The van der Waals surface area contributed by atoms with E-state index in [9.17, 15) is 20.1 Å². The van der Waals surface area contributed by atoms with Crippen molar-refractivity contribution in [2.24, 2.45) is 0 Å². The molecule has 98 valence electrons. The van der Waals surface area contributed by atoms with Crippen molar-refractivity contribution in [3.8, 4) is 17.1 Å². The average molecular weight is 260 g/mol. The van der Waals surface area contributed by atoms with Crippen LogP contribution in [0, 0.1) is 6.92 Å². The standard InChI is InChI=1S/C14H12O5/c1-6-7-2-9(15)11(17)4-13(7)19-14-5-12(18)10(16)3-8(6)14/h2,4-5,10,15-16,18H,3H2,1H3. The van der Waals surface area contributed by atoms with Crippen LogP contribution in [-0.4, -0.2) is 21.4 Å². The Morgan fingerprint density at radius 2 is 2.05 bits per heavy atom. The molecule has 1 heterocycles. The summed E-state index contributed by atoms with van der Waals surface area (Å²) in [5, 5.41) is 28.7. The second-order valence-corrected chi connectivity index (χ2v) is 4.68. The number of phenols is 1. The summed E-state index contributed by atoms with van der Waals surface area (Å²) in [6.07, 6.45) is 0.641. The molecule has 0 aromatic heterocycles. The fourth-order valence-corrected chi connectivity index (χ4v) is 2.35. The highest BCUT2D eigenvalue weighted by Crippen LogP contribution is 2.35. The summed E-state index contributed by atoms with van der Waals surface area (Å²) in [7, 11) is 0. The molecule has 1 atom stereocenters. The van der Waals surface area contributed by atoms with E-state index in [1.807, 2.05) is 6.92 Å². The fourth-order valence-electron chi connectivity index (χ4n) is 2.35. The molecule has 0 saturated carbocycles. The van der Waals surface area contributed by atoms with Crippen LogP contribution in [0.1, 0.15) is 16.9 Å². The lowest BCUT2D eigenvalue weighted by atomic mass is 9.91. The number of benzene rings is 1. The van der Waals surface area contributed by atoms with Gasteiger partial charge in [0.25, 0.3) is 0 Å². The Hall–Kier alpha value is -2.27. The van der Waals surface area contributed by atoms with Crippen LogP contribution in [0.4, 0.5) is 0 Å². The monoisotopic (exact) mass is 260 g/mol. The summed E-state index contributed by atoms with van der Waals surface area (Å²) in [6.45, 7) is 1.82. The Morgan fingerprint density at radius 3 is 2.79 bits per heavy atom. The minimum atomic E-state index is -0.953. The number of aliphatic hydroxyl groups excluding tert-OH is 2. The molecule has 0 amide bonds. The molecule has 0 aromatic rings. The summed E-state index contributed by atoms with van der Waals surface area (Å²) >= 11 is 0. The van der Waals surface area contributed by atoms with E-state index in [1.54, 1.807) is 0 Å². The highest BCUT2D eigenvalue weighted by molar-refractivity contribution is 5.71. The largest absolute Gasteiger partial charge is 0.509 e. The van der Waals surface area contributed by atoms with Crippen molar-refractivity contribution in [2.75, 3.05) is 0 Å². The average Bonchev–Trinajstić information content (AvgIpc) is 2.35. The van der Waals surface area contributed by atoms with Gasteiger partial charge < -0.3 is 19.7 Å². The van der Waals surface area contributed by atoms with Gasteiger partial charge >= 0.3 is 0 Å². The molecule has 2 aliphatic carbocycles. The predicted molar refractivity (Wildman–Crippen MR) is 68.3 cm³/mol. The zero-order valence-corrected chi connectivity index (χ0v) is 10.2. The van der Waals surface area contributed by atoms with E-state index in [-0.39, 0.29) is 17.9 Å². The van der Waals surface area contributed by atoms with Crippen LogP contribution in [0.3, 0.4) is 0 Å². The Bertz CT molecular complexity index is 726. The molecule has 5 heteroatoms. The number of fused-ring (bicyclic) bond motifs is 2. The molecular weight excluding hydrogens is 248 g/mol. The van der Waals surface area contributed by atoms with Gasteiger partial charge in [-0.15, -0.1) is 0 Å². The number of hydrogen-bond acceptors (Lipinski definition) is 5. The third-order valence-electron chi connectivity index (χ3n) is 3.45. The predicted octanol–water partition coefficient (Wildman–Crippen LogP) is 1.57. The van der Waals surface area contributed by atoms with Crippen molar-refractivity contribution < 1.29 is 19.7 Å². The smallest absolute Gasteiger partial charge is 0.223 e. The Kier molecular flexibility index (Phi) is 2.40. The number of aliphatic hydroxyl groups is 2. The number of hydrogen-bond donors (Lipinski definition) is 3. The van der Waals surface area contributed by atoms with Crippen molar-refractivity contribution in [1.29, 1.82) is 0 Å². The fraction of sp³-hybridized carbons (Fsp3) is 0.214. The molecule has 0 radical (unpaired) electrons. The summed E-state index contributed by atoms with van der Waals surface area (Å²) in [5.41, 5.74) is 1.68. The van der Waals surface area contributed by atoms with Crippen molar-refractivity contribution >= 4 is 6.08 Å². The molecule has 3 aliphatic rings. The van der Waals surface area contributed by atoms with Crippen molar-refractivity contribution in [1.82, 2.24) is 0 Å². The lowest BCUT2D eigenvalue weighted by Gasteiger charge is -2.22. The maximum absolute atomic E-state index is 11.4. The zero-order chi connectivity index (χ0) is 13.7. The van der Waals surface area contributed by atoms with E-state index in [0.29, 0.717) is 17.1 Å². The van der Waals surface area contributed by atoms with Crippen LogP contribution < -0.4 is 5.43 Å². The Labute approximate surface area is 108 Å². The van der Waals surface area contributed by atoms with Crippen LogP contribution in [0.15, 0.2) is 27.1 Å². The minimum Gasteiger partial charge on any atom is -0.509 e. The number of rotatable bonds is 0. The van der Waals surface area contributed by atoms with E-state index in [1.165, 1.54) is 18.2 Å². The van der Waals surface area contributed by atoms with E-state index in [4.69, 9.17) is 4.42 Å². The minimum absolute atomic E-state index is 0.156. The van der Waals surface area contributed by atoms with Crippen LogP contribution in [0.5, 0.6) is 5.75 Å². The molecule has 0 bridgehead atoms. The summed E-state index contributed by atoms with van der Waals surface area (Å²) in [6, 6.07) is 2.58. The maximum Gasteiger partial charge on any atom is 0.223 e. The molecule has 0 saturated heterocycles. The van der Waals surface area contributed by atoms with Gasteiger partial charge in [0.05, 0.1) is 0 Å². The zero-order valence-electron chi connectivity index (χ0n) is 10.2. The van der Waals surface area contributed by atoms with Gasteiger partial charge in [0.2, 0.25) is 5.43 Å². The molecule has 19 heavy (non-hydrogen) atoms. The third-order valence-corrected chi connectivity index (χ3v) is 3.45. The van der Waals surface area contributed by atoms with E-state index < -0.39 is 11.5 Å². The van der Waals surface area contributed by atoms with Crippen LogP contribution >= 0.6 is 0 Å². The molecule has 5 nitrogen and oxygen atoms in total. The normalized spacial score (nSPS) is 18.2. The topological polar surface area (TPSA) is 90.9 Å². The van der Waals surface area contributed by atoms with Gasteiger partial charge in [0, 0.05) is 29.7 Å². The number of phenolic OH excluding ortho intramolecular Hbond substituents is 1. The van der Waals surface area contributed by atoms with Gasteiger partial charge in [-0.05, 0) is 18.6 Å². The maximum atomic E-state index is 11.4. The first-order valence-electron chi connectivity index (χ1n) is 5.85. The van der Waals surface area contributed by atoms with Gasteiger partial charge in [-0.25, -0.2) is 0 Å². The van der Waals surface area contributed by atoms with E-state index in [2.05, 4.69) is 0 Å². The molecule has 0 fully saturated rings. The van der Waals surface area contributed by atoms with Crippen molar-refractivity contribution in [3.05, 3.63) is 45.0 Å². The second-order valence-electron chi connectivity index (χ2n) is 4.68. The van der Waals surface area contributed by atoms with Crippen LogP contribution in [0.25, 0.3) is 17.4 Å². The molecule has 0 aromatic carbocycles. The van der Waals surface area contributed by atoms with E-state index in [0.717, 1.165) is 11.1 Å². The summed E-state index contributed by atoms with van der Waals surface area (Å²) in [5.74, 6) is 0.286. The first-order chi connectivity index (χ1) is 8.97. The van der Waals surface area contributed by atoms with Crippen LogP contribution in [-0.2, 0) is 6.42 Å². The molecule has 3 rings (SSSR count). The third kappa shape index (κ3) is 1.70. The summed E-state index contributed by atoms with van der Waals surface area (Å²) < 4.78 is 5.56. The highest BCUT2D eigenvalue weighted by Gasteiger charge is 2.25. The molecule has 1 unspecified atom stereocenters. The first kappa shape index (κ1) is 11.8. The lowest BCUT2D eigenvalue weighted by Crippen LogP contribution is -2.19. The highest BCUT2D eigenvalue weighted by atomic mass is 16.3. The first-order valence-corrected chi connectivity index (χ1v) is 5.85. The number of aromatic hydroxyl groups is 1. The van der Waals surface area contributed by atoms with Gasteiger partial charge in [-0.2, -0.15) is 0 Å². The van der Waals surface area contributed by atoms with E-state index >= 15 is 0 Å². The molecule has 1 aliphatic heterocycles. The Morgan fingerprint density at radius 1 is 1.32 bits per heavy atom. The SMILES string of the molecule is Cc1c2cc(O)c(=O)cc-2oc2c1CC(O)C(O)=C2. The molecular formula is C14H12O5. The van der Waals surface area contributed by atoms with Gasteiger partial charge in [0.15, 0.2) is 5.75 Å². The summed E-state index contributed by atoms with van der Waals surface area (Å²) in [4.78, 5) is 11.4. The lowest BCUT2D eigenvalue weighted by molar-refractivity contribution is 0.152. The van der Waals surface area contributed by atoms with Gasteiger partial charge in [-0.1, -0.05) is 0 Å². The van der Waals surface area contributed by atoms with Crippen LogP contribution in [0.2, 0.25) is 0 Å². The second kappa shape index (κ2) is 3.86. The Balaban J connectivity index is 2.36.